The molecule has 2 aliphatic rings. The molecule has 1 heterocycles. The van der Waals surface area contributed by atoms with E-state index in [1.165, 1.54) is 0 Å². The summed E-state index contributed by atoms with van der Waals surface area (Å²) in [6.07, 6.45) is -7.56. The third-order valence-electron chi connectivity index (χ3n) is 4.61. The van der Waals surface area contributed by atoms with Crippen molar-refractivity contribution in [3.63, 3.8) is 0 Å². The number of nitrogens with two attached hydrogens (primary N) is 2. The standard InChI is InChI=1S/C13H27N3O7/c1-16-8-5(18)2-4(14)12(11(8)21)23-13-7(15)10(20)9(19)6(3-17)22-13/h4-13,16-21H,2-3,14-15H2,1H3. The number of hydrogen-bond donors (Lipinski definition) is 8. The second-order valence-corrected chi connectivity index (χ2v) is 6.16. The molecule has 10 N–H and O–H groups in total. The van der Waals surface area contributed by atoms with Gasteiger partial charge in [0.2, 0.25) is 0 Å². The molecule has 0 spiro atoms. The first-order valence-electron chi connectivity index (χ1n) is 7.64. The molecule has 136 valence electrons. The SMILES string of the molecule is CNC1C(O)CC(N)C(OC2OC(CO)C(O)C(O)C2N)C1O. The second-order valence-electron chi connectivity index (χ2n) is 6.16. The summed E-state index contributed by atoms with van der Waals surface area (Å²) in [4.78, 5) is 0. The molecule has 10 heteroatoms. The lowest BCUT2D eigenvalue weighted by Gasteiger charge is -2.46. The van der Waals surface area contributed by atoms with Gasteiger partial charge in [-0.1, -0.05) is 0 Å². The van der Waals surface area contributed by atoms with Crippen LogP contribution in [0.1, 0.15) is 6.42 Å². The minimum absolute atomic E-state index is 0.198. The van der Waals surface area contributed by atoms with Crippen LogP contribution in [-0.4, -0.2) is 100 Å². The maximum atomic E-state index is 10.3. The fourth-order valence-corrected chi connectivity index (χ4v) is 3.17. The van der Waals surface area contributed by atoms with E-state index in [0.29, 0.717) is 0 Å². The molecule has 1 saturated heterocycles. The van der Waals surface area contributed by atoms with Crippen LogP contribution < -0.4 is 16.8 Å². The van der Waals surface area contributed by atoms with Crippen molar-refractivity contribution < 1.29 is 35.0 Å². The molecule has 10 nitrogen and oxygen atoms in total. The Morgan fingerprint density at radius 2 is 1.78 bits per heavy atom. The van der Waals surface area contributed by atoms with E-state index in [0.717, 1.165) is 0 Å². The molecule has 0 aromatic rings. The van der Waals surface area contributed by atoms with Crippen LogP contribution in [0.4, 0.5) is 0 Å². The smallest absolute Gasteiger partial charge is 0.176 e. The first kappa shape index (κ1) is 18.9. The maximum absolute atomic E-state index is 10.3. The van der Waals surface area contributed by atoms with Crippen molar-refractivity contribution >= 4 is 0 Å². The summed E-state index contributed by atoms with van der Waals surface area (Å²) < 4.78 is 11.0. The fraction of sp³-hybridized carbons (Fsp3) is 1.00. The van der Waals surface area contributed by atoms with E-state index in [1.807, 2.05) is 0 Å². The number of rotatable bonds is 4. The minimum atomic E-state index is -1.35. The van der Waals surface area contributed by atoms with Gasteiger partial charge in [-0.05, 0) is 13.5 Å². The normalized spacial score (nSPS) is 51.7. The van der Waals surface area contributed by atoms with E-state index in [4.69, 9.17) is 20.9 Å². The van der Waals surface area contributed by atoms with Crippen LogP contribution in [0.5, 0.6) is 0 Å². The van der Waals surface area contributed by atoms with Gasteiger partial charge in [-0.2, -0.15) is 0 Å². The summed E-state index contributed by atoms with van der Waals surface area (Å²) >= 11 is 0. The number of nitrogens with one attached hydrogen (secondary N) is 1. The molecule has 1 aliphatic carbocycles. The first-order chi connectivity index (χ1) is 10.8. The molecule has 1 saturated carbocycles. The molecule has 2 fully saturated rings. The highest BCUT2D eigenvalue weighted by molar-refractivity contribution is 5.00. The maximum Gasteiger partial charge on any atom is 0.176 e. The molecule has 2 rings (SSSR count). The van der Waals surface area contributed by atoms with Gasteiger partial charge in [0.15, 0.2) is 6.29 Å². The Morgan fingerprint density at radius 3 is 2.35 bits per heavy atom. The summed E-state index contributed by atoms with van der Waals surface area (Å²) in [5.41, 5.74) is 11.7. The van der Waals surface area contributed by atoms with Gasteiger partial charge in [0.25, 0.3) is 0 Å². The highest BCUT2D eigenvalue weighted by atomic mass is 16.7. The Labute approximate surface area is 134 Å². The number of ether oxygens (including phenoxy) is 2. The summed E-state index contributed by atoms with van der Waals surface area (Å²) in [6, 6.07) is -2.38. The molecule has 10 atom stereocenters. The summed E-state index contributed by atoms with van der Waals surface area (Å²) in [5.74, 6) is 0. The Kier molecular flexibility index (Phi) is 6.30. The number of aliphatic hydroxyl groups is 5. The van der Waals surface area contributed by atoms with E-state index in [-0.39, 0.29) is 6.42 Å². The van der Waals surface area contributed by atoms with Crippen molar-refractivity contribution in [2.75, 3.05) is 13.7 Å². The number of aliphatic hydroxyl groups excluding tert-OH is 5. The average Bonchev–Trinajstić information content (AvgIpc) is 2.51. The van der Waals surface area contributed by atoms with Crippen LogP contribution >= 0.6 is 0 Å². The molecular weight excluding hydrogens is 310 g/mol. The van der Waals surface area contributed by atoms with Gasteiger partial charge in [0, 0.05) is 6.04 Å². The molecule has 0 aromatic heterocycles. The van der Waals surface area contributed by atoms with E-state index in [1.54, 1.807) is 7.05 Å². The Morgan fingerprint density at radius 1 is 1.13 bits per heavy atom. The van der Waals surface area contributed by atoms with Crippen molar-refractivity contribution in [2.45, 2.75) is 67.5 Å². The molecule has 0 amide bonds. The van der Waals surface area contributed by atoms with Crippen molar-refractivity contribution in [3.05, 3.63) is 0 Å². The summed E-state index contributed by atoms with van der Waals surface area (Å²) in [5, 5.41) is 52.0. The zero-order valence-electron chi connectivity index (χ0n) is 12.9. The molecule has 23 heavy (non-hydrogen) atoms. The molecular formula is C13H27N3O7. The molecule has 0 radical (unpaired) electrons. The van der Waals surface area contributed by atoms with Crippen LogP contribution in [0.25, 0.3) is 0 Å². The largest absolute Gasteiger partial charge is 0.394 e. The van der Waals surface area contributed by atoms with E-state index < -0.39 is 67.6 Å². The van der Waals surface area contributed by atoms with E-state index >= 15 is 0 Å². The van der Waals surface area contributed by atoms with Gasteiger partial charge >= 0.3 is 0 Å². The fourth-order valence-electron chi connectivity index (χ4n) is 3.17. The summed E-state index contributed by atoms with van der Waals surface area (Å²) in [7, 11) is 1.59. The van der Waals surface area contributed by atoms with Gasteiger partial charge in [0.05, 0.1) is 30.9 Å². The topological polar surface area (TPSA) is 184 Å². The number of likely N-dealkylation sites (N-methyl/N-ethyl adjacent to an activating group) is 1. The second kappa shape index (κ2) is 7.66. The summed E-state index contributed by atoms with van der Waals surface area (Å²) in [6.45, 7) is -0.526. The van der Waals surface area contributed by atoms with Crippen LogP contribution in [0.2, 0.25) is 0 Å². The zero-order valence-corrected chi connectivity index (χ0v) is 12.9. The lowest BCUT2D eigenvalue weighted by Crippen LogP contribution is -2.67. The highest BCUT2D eigenvalue weighted by Crippen LogP contribution is 2.27. The van der Waals surface area contributed by atoms with Gasteiger partial charge in [-0.15, -0.1) is 0 Å². The predicted octanol–water partition coefficient (Wildman–Crippen LogP) is -4.82. The van der Waals surface area contributed by atoms with Crippen molar-refractivity contribution in [3.8, 4) is 0 Å². The van der Waals surface area contributed by atoms with Crippen LogP contribution in [0.3, 0.4) is 0 Å². The third kappa shape index (κ3) is 3.66. The lowest BCUT2D eigenvalue weighted by molar-refractivity contribution is -0.292. The third-order valence-corrected chi connectivity index (χ3v) is 4.61. The van der Waals surface area contributed by atoms with Crippen molar-refractivity contribution in [1.29, 1.82) is 0 Å². The van der Waals surface area contributed by atoms with E-state index in [2.05, 4.69) is 5.32 Å². The molecule has 0 aromatic carbocycles. The average molecular weight is 337 g/mol. The monoisotopic (exact) mass is 337 g/mol. The van der Waals surface area contributed by atoms with Crippen LogP contribution in [0, 0.1) is 0 Å². The van der Waals surface area contributed by atoms with E-state index in [9.17, 15) is 25.5 Å². The van der Waals surface area contributed by atoms with Crippen LogP contribution in [-0.2, 0) is 9.47 Å². The zero-order chi connectivity index (χ0) is 17.3. The molecule has 0 bridgehead atoms. The Bertz CT molecular complexity index is 389. The van der Waals surface area contributed by atoms with Gasteiger partial charge < -0.3 is 51.8 Å². The first-order valence-corrected chi connectivity index (χ1v) is 7.64. The van der Waals surface area contributed by atoms with Gasteiger partial charge in [-0.25, -0.2) is 0 Å². The Balaban J connectivity index is 2.10. The highest BCUT2D eigenvalue weighted by Gasteiger charge is 2.48. The van der Waals surface area contributed by atoms with Crippen LogP contribution in [0.15, 0.2) is 0 Å². The van der Waals surface area contributed by atoms with Gasteiger partial charge in [0.1, 0.15) is 24.4 Å². The molecule has 1 aliphatic heterocycles. The quantitative estimate of drug-likeness (QED) is 0.247. The van der Waals surface area contributed by atoms with Crippen molar-refractivity contribution in [2.24, 2.45) is 11.5 Å². The number of hydrogen-bond acceptors (Lipinski definition) is 10. The lowest BCUT2D eigenvalue weighted by atomic mass is 9.84. The Hall–Kier alpha value is -0.400. The van der Waals surface area contributed by atoms with Gasteiger partial charge in [-0.3, -0.25) is 0 Å². The molecule has 10 unspecified atom stereocenters. The predicted molar refractivity (Wildman–Crippen MR) is 78.1 cm³/mol. The van der Waals surface area contributed by atoms with Crippen molar-refractivity contribution in [1.82, 2.24) is 5.32 Å². The minimum Gasteiger partial charge on any atom is -0.394 e.